The van der Waals surface area contributed by atoms with E-state index in [1.807, 2.05) is 30.3 Å². The highest BCUT2D eigenvalue weighted by molar-refractivity contribution is 6.01. The summed E-state index contributed by atoms with van der Waals surface area (Å²) in [6, 6.07) is 9.33. The van der Waals surface area contributed by atoms with Crippen molar-refractivity contribution in [2.75, 3.05) is 7.11 Å². The van der Waals surface area contributed by atoms with Gasteiger partial charge < -0.3 is 5.73 Å². The molecule has 1 rings (SSSR count). The van der Waals surface area contributed by atoms with Crippen LogP contribution in [0.25, 0.3) is 6.08 Å². The average molecular weight is 219 g/mol. The molecule has 5 nitrogen and oxygen atoms in total. The first-order valence-corrected chi connectivity index (χ1v) is 4.60. The highest BCUT2D eigenvalue weighted by Gasteiger charge is 2.12. The fraction of sp³-hybridized carbons (Fsp3) is 0.0909. The van der Waals surface area contributed by atoms with Gasteiger partial charge in [-0.1, -0.05) is 30.3 Å². The van der Waals surface area contributed by atoms with Crippen molar-refractivity contribution in [2.24, 2.45) is 5.73 Å². The van der Waals surface area contributed by atoms with Crippen molar-refractivity contribution >= 4 is 17.9 Å². The number of carbonyl (C=O) groups excluding carboxylic acids is 1. The molecule has 1 amide bonds. The van der Waals surface area contributed by atoms with Gasteiger partial charge in [-0.25, -0.2) is 0 Å². The molecule has 0 radical (unpaired) electrons. The maximum absolute atomic E-state index is 11.5. The Morgan fingerprint density at radius 1 is 1.44 bits per heavy atom. The number of nitrogens with one attached hydrogen (secondary N) is 1. The molecule has 0 atom stereocenters. The lowest BCUT2D eigenvalue weighted by molar-refractivity contribution is -0.150. The molecule has 0 saturated carbocycles. The second-order valence-electron chi connectivity index (χ2n) is 2.94. The molecule has 0 saturated heterocycles. The molecular formula is C11H13N3O2. The molecule has 0 aliphatic heterocycles. The lowest BCUT2D eigenvalue weighted by atomic mass is 10.2. The molecule has 5 heteroatoms. The van der Waals surface area contributed by atoms with Crippen molar-refractivity contribution in [3.63, 3.8) is 0 Å². The largest absolute Gasteiger partial charge is 0.368 e. The van der Waals surface area contributed by atoms with Crippen molar-refractivity contribution in [3.8, 4) is 0 Å². The molecule has 0 aliphatic carbocycles. The first-order chi connectivity index (χ1) is 7.65. The predicted octanol–water partition coefficient (Wildman–Crippen LogP) is 0.983. The van der Waals surface area contributed by atoms with Gasteiger partial charge in [0.1, 0.15) is 0 Å². The van der Waals surface area contributed by atoms with Gasteiger partial charge in [-0.05, 0) is 11.6 Å². The van der Waals surface area contributed by atoms with Gasteiger partial charge in [-0.15, -0.1) is 0 Å². The number of rotatable bonds is 3. The number of nitrogens with two attached hydrogens (primary N) is 1. The van der Waals surface area contributed by atoms with E-state index in [1.54, 1.807) is 6.08 Å². The number of hydrogen-bond acceptors (Lipinski definition) is 3. The molecule has 1 aromatic rings. The molecule has 0 heterocycles. The molecule has 0 aromatic heterocycles. The minimum Gasteiger partial charge on any atom is -0.368 e. The van der Waals surface area contributed by atoms with Gasteiger partial charge in [0.15, 0.2) is 0 Å². The first-order valence-electron chi connectivity index (χ1n) is 4.60. The Hall–Kier alpha value is -2.14. The average Bonchev–Trinajstić information content (AvgIpc) is 2.28. The number of nitrogens with zero attached hydrogens (tertiary/aromatic N) is 1. The summed E-state index contributed by atoms with van der Waals surface area (Å²) in [5.41, 5.74) is 6.03. The maximum atomic E-state index is 11.5. The summed E-state index contributed by atoms with van der Waals surface area (Å²) in [6.45, 7) is 0. The molecule has 16 heavy (non-hydrogen) atoms. The molecule has 0 spiro atoms. The normalized spacial score (nSPS) is 10.3. The number of hydrogen-bond donors (Lipinski definition) is 2. The zero-order valence-electron chi connectivity index (χ0n) is 8.88. The smallest absolute Gasteiger partial charge is 0.277 e. The highest BCUT2D eigenvalue weighted by atomic mass is 16.7. The Morgan fingerprint density at radius 2 is 2.06 bits per heavy atom. The number of benzene rings is 1. The minimum absolute atomic E-state index is 0.454. The van der Waals surface area contributed by atoms with Crippen LogP contribution >= 0.6 is 0 Å². The van der Waals surface area contributed by atoms with Crippen molar-refractivity contribution < 1.29 is 9.63 Å². The number of hydroxylamine groups is 2. The highest BCUT2D eigenvalue weighted by Crippen LogP contribution is 2.02. The standard InChI is InChI=1S/C11H13N3O2/c1-16-14(11(12)13)10(15)8-7-9-5-3-2-4-6-9/h2-8H,1H3,(H3,12,13). The Labute approximate surface area is 93.6 Å². The molecule has 0 aliphatic rings. The number of amides is 1. The van der Waals surface area contributed by atoms with Crippen LogP contribution in [0.1, 0.15) is 5.56 Å². The third kappa shape index (κ3) is 3.21. The molecule has 3 N–H and O–H groups in total. The lowest BCUT2D eigenvalue weighted by Gasteiger charge is -2.14. The summed E-state index contributed by atoms with van der Waals surface area (Å²) >= 11 is 0. The predicted molar refractivity (Wildman–Crippen MR) is 61.2 cm³/mol. The van der Waals surface area contributed by atoms with Gasteiger partial charge in [-0.3, -0.25) is 15.0 Å². The van der Waals surface area contributed by atoms with Crippen molar-refractivity contribution in [1.82, 2.24) is 5.06 Å². The van der Waals surface area contributed by atoms with E-state index in [-0.39, 0.29) is 0 Å². The summed E-state index contributed by atoms with van der Waals surface area (Å²) in [5.74, 6) is -0.955. The van der Waals surface area contributed by atoms with E-state index in [0.717, 1.165) is 5.56 Å². The van der Waals surface area contributed by atoms with E-state index in [4.69, 9.17) is 11.1 Å². The fourth-order valence-electron chi connectivity index (χ4n) is 1.11. The second kappa shape index (κ2) is 5.67. The van der Waals surface area contributed by atoms with Crippen LogP contribution in [-0.2, 0) is 9.63 Å². The molecule has 0 bridgehead atoms. The summed E-state index contributed by atoms with van der Waals surface area (Å²) in [4.78, 5) is 16.1. The van der Waals surface area contributed by atoms with Crippen molar-refractivity contribution in [3.05, 3.63) is 42.0 Å². The number of guanidine groups is 1. The quantitative estimate of drug-likeness (QED) is 0.344. The van der Waals surface area contributed by atoms with Gasteiger partial charge in [0, 0.05) is 6.08 Å². The monoisotopic (exact) mass is 219 g/mol. The van der Waals surface area contributed by atoms with E-state index in [2.05, 4.69) is 4.84 Å². The Bertz CT molecular complexity index is 401. The third-order valence-corrected chi connectivity index (χ3v) is 1.82. The van der Waals surface area contributed by atoms with Crippen LogP contribution in [0.2, 0.25) is 0 Å². The zero-order valence-corrected chi connectivity index (χ0v) is 8.88. The van der Waals surface area contributed by atoms with Gasteiger partial charge >= 0.3 is 0 Å². The Balaban J connectivity index is 2.71. The van der Waals surface area contributed by atoms with E-state index in [9.17, 15) is 4.79 Å². The number of carbonyl (C=O) groups is 1. The van der Waals surface area contributed by atoms with Crippen LogP contribution < -0.4 is 5.73 Å². The Morgan fingerprint density at radius 3 is 2.56 bits per heavy atom. The van der Waals surface area contributed by atoms with E-state index >= 15 is 0 Å². The van der Waals surface area contributed by atoms with Crippen LogP contribution in [0.5, 0.6) is 0 Å². The SMILES string of the molecule is CON(C(=N)N)C(=O)C=Cc1ccccc1. The molecule has 84 valence electrons. The van der Waals surface area contributed by atoms with Crippen LogP contribution in [0.15, 0.2) is 36.4 Å². The van der Waals surface area contributed by atoms with Crippen LogP contribution in [0, 0.1) is 5.41 Å². The van der Waals surface area contributed by atoms with Crippen molar-refractivity contribution in [2.45, 2.75) is 0 Å². The summed E-state index contributed by atoms with van der Waals surface area (Å²) < 4.78 is 0. The summed E-state index contributed by atoms with van der Waals surface area (Å²) in [7, 11) is 1.27. The molecule has 1 aromatic carbocycles. The van der Waals surface area contributed by atoms with Gasteiger partial charge in [0.05, 0.1) is 7.11 Å². The summed E-state index contributed by atoms with van der Waals surface area (Å²) in [5, 5.41) is 7.78. The minimum atomic E-state index is -0.501. The third-order valence-electron chi connectivity index (χ3n) is 1.82. The van der Waals surface area contributed by atoms with Crippen LogP contribution in [0.4, 0.5) is 0 Å². The van der Waals surface area contributed by atoms with E-state index in [0.29, 0.717) is 5.06 Å². The van der Waals surface area contributed by atoms with Crippen molar-refractivity contribution in [1.29, 1.82) is 5.41 Å². The van der Waals surface area contributed by atoms with Gasteiger partial charge in [-0.2, -0.15) is 5.06 Å². The lowest BCUT2D eigenvalue weighted by Crippen LogP contribution is -2.39. The molecule has 0 fully saturated rings. The maximum Gasteiger partial charge on any atom is 0.277 e. The molecular weight excluding hydrogens is 206 g/mol. The van der Waals surface area contributed by atoms with Crippen LogP contribution in [-0.4, -0.2) is 24.0 Å². The fourth-order valence-corrected chi connectivity index (χ4v) is 1.11. The van der Waals surface area contributed by atoms with Gasteiger partial charge in [0.25, 0.3) is 5.91 Å². The molecule has 0 unspecified atom stereocenters. The van der Waals surface area contributed by atoms with E-state index < -0.39 is 11.9 Å². The van der Waals surface area contributed by atoms with Gasteiger partial charge in [0.2, 0.25) is 5.96 Å². The Kier molecular flexibility index (Phi) is 4.23. The second-order valence-corrected chi connectivity index (χ2v) is 2.94. The van der Waals surface area contributed by atoms with E-state index in [1.165, 1.54) is 13.2 Å². The topological polar surface area (TPSA) is 79.4 Å². The zero-order chi connectivity index (χ0) is 12.0. The van der Waals surface area contributed by atoms with Crippen LogP contribution in [0.3, 0.4) is 0 Å². The summed E-state index contributed by atoms with van der Waals surface area (Å²) in [6.07, 6.45) is 2.91. The first kappa shape index (κ1) is 11.9.